The van der Waals surface area contributed by atoms with E-state index in [0.717, 1.165) is 31.0 Å². The molecule has 1 aliphatic heterocycles. The van der Waals surface area contributed by atoms with Crippen LogP contribution in [-0.4, -0.2) is 34.0 Å². The van der Waals surface area contributed by atoms with E-state index in [0.29, 0.717) is 6.04 Å². The van der Waals surface area contributed by atoms with Gasteiger partial charge in [-0.1, -0.05) is 0 Å². The van der Waals surface area contributed by atoms with Crippen molar-refractivity contribution in [3.63, 3.8) is 0 Å². The van der Waals surface area contributed by atoms with E-state index in [-0.39, 0.29) is 0 Å². The molecule has 14 heavy (non-hydrogen) atoms. The molecule has 0 saturated carbocycles. The van der Waals surface area contributed by atoms with Gasteiger partial charge in [0.05, 0.1) is 11.4 Å². The molecule has 0 aromatic carbocycles. The zero-order chi connectivity index (χ0) is 9.97. The highest BCUT2D eigenvalue weighted by molar-refractivity contribution is 5.09. The van der Waals surface area contributed by atoms with Gasteiger partial charge in [0, 0.05) is 38.1 Å². The van der Waals surface area contributed by atoms with Crippen LogP contribution in [0, 0.1) is 6.92 Å². The Morgan fingerprint density at radius 1 is 1.50 bits per heavy atom. The van der Waals surface area contributed by atoms with E-state index in [2.05, 4.69) is 14.9 Å². The zero-order valence-corrected chi connectivity index (χ0v) is 8.48. The lowest BCUT2D eigenvalue weighted by Crippen LogP contribution is -2.51. The Labute approximate surface area is 84.2 Å². The molecule has 76 valence electrons. The number of likely N-dealkylation sites (tertiary alicyclic amines) is 1. The molecular weight excluding hydrogens is 176 g/mol. The maximum absolute atomic E-state index is 5.64. The first kappa shape index (κ1) is 9.55. The summed E-state index contributed by atoms with van der Waals surface area (Å²) in [6.07, 6.45) is 4.70. The van der Waals surface area contributed by atoms with E-state index in [4.69, 9.17) is 5.73 Å². The van der Waals surface area contributed by atoms with E-state index < -0.39 is 0 Å². The summed E-state index contributed by atoms with van der Waals surface area (Å²) in [6, 6.07) is 0.552. The van der Waals surface area contributed by atoms with E-state index in [1.165, 1.54) is 6.42 Å². The molecule has 1 unspecified atom stereocenters. The van der Waals surface area contributed by atoms with Crippen molar-refractivity contribution in [3.05, 3.63) is 23.8 Å². The second kappa shape index (κ2) is 4.02. The smallest absolute Gasteiger partial charge is 0.0756 e. The Balaban J connectivity index is 2.01. The number of aryl methyl sites for hydroxylation is 1. The fraction of sp³-hybridized carbons (Fsp3) is 0.600. The van der Waals surface area contributed by atoms with Crippen LogP contribution in [0.4, 0.5) is 0 Å². The van der Waals surface area contributed by atoms with Gasteiger partial charge in [-0.25, -0.2) is 0 Å². The van der Waals surface area contributed by atoms with Crippen molar-refractivity contribution in [1.82, 2.24) is 14.9 Å². The van der Waals surface area contributed by atoms with Crippen molar-refractivity contribution < 1.29 is 0 Å². The molecule has 1 atom stereocenters. The highest BCUT2D eigenvalue weighted by Gasteiger charge is 2.26. The van der Waals surface area contributed by atoms with Crippen LogP contribution in [-0.2, 0) is 6.54 Å². The summed E-state index contributed by atoms with van der Waals surface area (Å²) in [4.78, 5) is 10.9. The Morgan fingerprint density at radius 2 is 2.29 bits per heavy atom. The molecule has 1 fully saturated rings. The molecule has 0 spiro atoms. The summed E-state index contributed by atoms with van der Waals surface area (Å²) in [5.74, 6) is 0. The van der Waals surface area contributed by atoms with Gasteiger partial charge >= 0.3 is 0 Å². The summed E-state index contributed by atoms with van der Waals surface area (Å²) in [5.41, 5.74) is 7.74. The van der Waals surface area contributed by atoms with Crippen molar-refractivity contribution in [1.29, 1.82) is 0 Å². The van der Waals surface area contributed by atoms with Crippen molar-refractivity contribution in [3.8, 4) is 0 Å². The molecule has 2 rings (SSSR count). The Kier molecular flexibility index (Phi) is 2.74. The van der Waals surface area contributed by atoms with Crippen molar-refractivity contribution in [2.24, 2.45) is 5.73 Å². The first-order chi connectivity index (χ1) is 6.81. The summed E-state index contributed by atoms with van der Waals surface area (Å²) < 4.78 is 0. The van der Waals surface area contributed by atoms with E-state index in [9.17, 15) is 0 Å². The molecule has 4 heteroatoms. The molecule has 1 aromatic heterocycles. The lowest BCUT2D eigenvalue weighted by Gasteiger charge is -2.40. The number of nitrogens with two attached hydrogens (primary N) is 1. The second-order valence-corrected chi connectivity index (χ2v) is 3.74. The molecule has 2 heterocycles. The van der Waals surface area contributed by atoms with Gasteiger partial charge in [0.2, 0.25) is 0 Å². The monoisotopic (exact) mass is 192 g/mol. The minimum atomic E-state index is 0.552. The second-order valence-electron chi connectivity index (χ2n) is 3.74. The average molecular weight is 192 g/mol. The lowest BCUT2D eigenvalue weighted by molar-refractivity contribution is 0.0863. The molecule has 4 nitrogen and oxygen atoms in total. The van der Waals surface area contributed by atoms with Crippen molar-refractivity contribution in [2.45, 2.75) is 25.9 Å². The average Bonchev–Trinajstić information content (AvgIpc) is 2.15. The molecule has 2 N–H and O–H groups in total. The Hall–Kier alpha value is -1.00. The molecule has 1 aliphatic rings. The van der Waals surface area contributed by atoms with Crippen LogP contribution < -0.4 is 5.73 Å². The zero-order valence-electron chi connectivity index (χ0n) is 8.48. The molecular formula is C10H16N4. The van der Waals surface area contributed by atoms with Crippen molar-refractivity contribution in [2.75, 3.05) is 13.1 Å². The van der Waals surface area contributed by atoms with E-state index in [1.807, 2.05) is 6.92 Å². The number of hydrogen-bond donors (Lipinski definition) is 1. The number of hydrogen-bond acceptors (Lipinski definition) is 4. The van der Waals surface area contributed by atoms with E-state index in [1.54, 1.807) is 12.4 Å². The predicted octanol–water partition coefficient (Wildman–Crippen LogP) is 0.318. The first-order valence-corrected chi connectivity index (χ1v) is 5.02. The lowest BCUT2D eigenvalue weighted by atomic mass is 10.0. The third kappa shape index (κ3) is 1.76. The van der Waals surface area contributed by atoms with Crippen LogP contribution >= 0.6 is 0 Å². The molecule has 1 aromatic rings. The van der Waals surface area contributed by atoms with Crippen LogP contribution in [0.1, 0.15) is 17.8 Å². The molecule has 0 bridgehead atoms. The van der Waals surface area contributed by atoms with Gasteiger partial charge in [0.15, 0.2) is 0 Å². The van der Waals surface area contributed by atoms with Crippen LogP contribution in [0.15, 0.2) is 12.4 Å². The number of nitrogens with zero attached hydrogens (tertiary/aromatic N) is 3. The van der Waals surface area contributed by atoms with Gasteiger partial charge in [-0.05, 0) is 13.3 Å². The SMILES string of the molecule is Cc1nccnc1CN1CCC1CN. The Bertz CT molecular complexity index is 311. The van der Waals surface area contributed by atoms with Gasteiger partial charge in [0.1, 0.15) is 0 Å². The van der Waals surface area contributed by atoms with Crippen LogP contribution in [0.2, 0.25) is 0 Å². The minimum Gasteiger partial charge on any atom is -0.329 e. The maximum atomic E-state index is 5.64. The first-order valence-electron chi connectivity index (χ1n) is 5.02. The van der Waals surface area contributed by atoms with Crippen LogP contribution in [0.5, 0.6) is 0 Å². The third-order valence-electron chi connectivity index (χ3n) is 2.87. The predicted molar refractivity (Wildman–Crippen MR) is 54.6 cm³/mol. The summed E-state index contributed by atoms with van der Waals surface area (Å²) in [5, 5.41) is 0. The number of rotatable bonds is 3. The summed E-state index contributed by atoms with van der Waals surface area (Å²) in [6.45, 7) is 4.78. The normalized spacial score (nSPS) is 22.0. The summed E-state index contributed by atoms with van der Waals surface area (Å²) >= 11 is 0. The van der Waals surface area contributed by atoms with Gasteiger partial charge in [-0.2, -0.15) is 0 Å². The third-order valence-corrected chi connectivity index (χ3v) is 2.87. The standard InChI is InChI=1S/C10H16N4/c1-8-10(13-4-3-12-8)7-14-5-2-9(14)6-11/h3-4,9H,2,5-7,11H2,1H3. The number of aromatic nitrogens is 2. The molecule has 0 amide bonds. The molecule has 0 radical (unpaired) electrons. The Morgan fingerprint density at radius 3 is 2.86 bits per heavy atom. The highest BCUT2D eigenvalue weighted by atomic mass is 15.2. The minimum absolute atomic E-state index is 0.552. The molecule has 0 aliphatic carbocycles. The van der Waals surface area contributed by atoms with E-state index >= 15 is 0 Å². The fourth-order valence-corrected chi connectivity index (χ4v) is 1.75. The van der Waals surface area contributed by atoms with Crippen molar-refractivity contribution >= 4 is 0 Å². The van der Waals surface area contributed by atoms with Gasteiger partial charge in [-0.15, -0.1) is 0 Å². The van der Waals surface area contributed by atoms with Crippen LogP contribution in [0.3, 0.4) is 0 Å². The summed E-state index contributed by atoms with van der Waals surface area (Å²) in [7, 11) is 0. The quantitative estimate of drug-likeness (QED) is 0.749. The fourth-order valence-electron chi connectivity index (χ4n) is 1.75. The van der Waals surface area contributed by atoms with Gasteiger partial charge in [-0.3, -0.25) is 14.9 Å². The largest absolute Gasteiger partial charge is 0.329 e. The van der Waals surface area contributed by atoms with Gasteiger partial charge in [0.25, 0.3) is 0 Å². The maximum Gasteiger partial charge on any atom is 0.0756 e. The van der Waals surface area contributed by atoms with Gasteiger partial charge < -0.3 is 5.73 Å². The van der Waals surface area contributed by atoms with Crippen LogP contribution in [0.25, 0.3) is 0 Å². The topological polar surface area (TPSA) is 55.0 Å². The highest BCUT2D eigenvalue weighted by Crippen LogP contribution is 2.19. The molecule has 1 saturated heterocycles.